The van der Waals surface area contributed by atoms with Crippen molar-refractivity contribution in [3.63, 3.8) is 0 Å². The molecule has 7 N–H and O–H groups in total. The minimum Gasteiger partial charge on any atom is -0.481 e. The number of nitrogens with zero attached hydrogens (tertiary/aromatic N) is 2. The van der Waals surface area contributed by atoms with Gasteiger partial charge in [-0.2, -0.15) is 0 Å². The van der Waals surface area contributed by atoms with Crippen LogP contribution in [0, 0.1) is 0 Å². The number of nitrogens with one attached hydrogen (secondary N) is 3. The molecule has 0 radical (unpaired) electrons. The number of carboxylic acid groups (broad SMARTS) is 4. The fourth-order valence-electron chi connectivity index (χ4n) is 3.91. The molecule has 0 saturated carbocycles. The maximum Gasteiger partial charge on any atom is 0.326 e. The van der Waals surface area contributed by atoms with Crippen molar-refractivity contribution >= 4 is 35.8 Å². The van der Waals surface area contributed by atoms with Crippen LogP contribution in [0.4, 0.5) is 4.79 Å². The predicted octanol–water partition coefficient (Wildman–Crippen LogP) is 0.886. The van der Waals surface area contributed by atoms with Gasteiger partial charge in [0.05, 0.1) is 18.7 Å². The van der Waals surface area contributed by atoms with Crippen LogP contribution in [0.1, 0.15) is 63.5 Å². The molecule has 1 aromatic heterocycles. The van der Waals surface area contributed by atoms with Gasteiger partial charge in [-0.3, -0.25) is 29.1 Å². The lowest BCUT2D eigenvalue weighted by Gasteiger charge is -2.20. The first-order chi connectivity index (χ1) is 19.5. The van der Waals surface area contributed by atoms with E-state index in [-0.39, 0.29) is 38.1 Å². The Labute approximate surface area is 237 Å². The van der Waals surface area contributed by atoms with Crippen LogP contribution in [0.2, 0.25) is 0 Å². The van der Waals surface area contributed by atoms with Crippen molar-refractivity contribution in [1.82, 2.24) is 25.8 Å². The molecule has 3 amide bonds. The molecule has 1 heterocycles. The van der Waals surface area contributed by atoms with Crippen molar-refractivity contribution in [2.45, 2.75) is 76.4 Å². The highest BCUT2D eigenvalue weighted by atomic mass is 16.4. The van der Waals surface area contributed by atoms with E-state index in [1.165, 1.54) is 0 Å². The molecule has 228 valence electrons. The second-order valence-electron chi connectivity index (χ2n) is 9.46. The van der Waals surface area contributed by atoms with Crippen molar-refractivity contribution in [1.29, 1.82) is 0 Å². The molecular weight excluding hydrogens is 542 g/mol. The summed E-state index contributed by atoms with van der Waals surface area (Å²) < 4.78 is 0. The molecule has 1 rings (SSSR count). The van der Waals surface area contributed by atoms with Crippen molar-refractivity contribution in [3.8, 4) is 0 Å². The summed E-state index contributed by atoms with van der Waals surface area (Å²) in [6, 6.07) is 2.27. The van der Waals surface area contributed by atoms with Crippen molar-refractivity contribution in [2.75, 3.05) is 19.6 Å². The molecule has 0 fully saturated rings. The van der Waals surface area contributed by atoms with E-state index >= 15 is 0 Å². The van der Waals surface area contributed by atoms with E-state index in [0.717, 1.165) is 5.69 Å². The summed E-state index contributed by atoms with van der Waals surface area (Å²) in [6.07, 6.45) is 2.95. The van der Waals surface area contributed by atoms with Gasteiger partial charge < -0.3 is 36.4 Å². The Kier molecular flexibility index (Phi) is 16.7. The van der Waals surface area contributed by atoms with Crippen LogP contribution in [-0.2, 0) is 30.5 Å². The largest absolute Gasteiger partial charge is 0.481 e. The fraction of sp³-hybridized carbons (Fsp3) is 0.577. The molecule has 2 atom stereocenters. The third-order valence-electron chi connectivity index (χ3n) is 5.91. The topological polar surface area (TPSA) is 236 Å². The number of pyridine rings is 1. The van der Waals surface area contributed by atoms with E-state index < -0.39 is 48.4 Å². The van der Waals surface area contributed by atoms with E-state index in [1.54, 1.807) is 17.2 Å². The molecule has 0 aliphatic heterocycles. The van der Waals surface area contributed by atoms with E-state index in [4.69, 9.17) is 15.3 Å². The van der Waals surface area contributed by atoms with Crippen molar-refractivity contribution in [3.05, 3.63) is 30.1 Å². The zero-order valence-electron chi connectivity index (χ0n) is 22.8. The number of amides is 3. The first kappa shape index (κ1) is 34.8. The highest BCUT2D eigenvalue weighted by molar-refractivity contribution is 5.83. The van der Waals surface area contributed by atoms with Crippen LogP contribution in [0.3, 0.4) is 0 Å². The fourth-order valence-corrected chi connectivity index (χ4v) is 3.91. The Morgan fingerprint density at radius 3 is 2.20 bits per heavy atom. The molecule has 41 heavy (non-hydrogen) atoms. The third kappa shape index (κ3) is 17.8. The normalized spacial score (nSPS) is 12.2. The second kappa shape index (κ2) is 19.7. The molecule has 1 aromatic rings. The Morgan fingerprint density at radius 1 is 0.829 bits per heavy atom. The average molecular weight is 582 g/mol. The van der Waals surface area contributed by atoms with Gasteiger partial charge in [-0.05, 0) is 57.2 Å². The zero-order chi connectivity index (χ0) is 30.6. The molecule has 0 aliphatic carbocycles. The van der Waals surface area contributed by atoms with Gasteiger partial charge in [0.2, 0.25) is 5.91 Å². The van der Waals surface area contributed by atoms with Gasteiger partial charge in [0.1, 0.15) is 6.04 Å². The Morgan fingerprint density at radius 2 is 1.59 bits per heavy atom. The van der Waals surface area contributed by atoms with Crippen LogP contribution < -0.4 is 16.0 Å². The summed E-state index contributed by atoms with van der Waals surface area (Å²) in [6.45, 7) is 1.05. The van der Waals surface area contributed by atoms with E-state index in [0.29, 0.717) is 45.3 Å². The molecular formula is C26H39N5O10. The summed E-state index contributed by atoms with van der Waals surface area (Å²) in [7, 11) is 0. The van der Waals surface area contributed by atoms with Gasteiger partial charge >= 0.3 is 29.9 Å². The number of carbonyl (C=O) groups is 6. The molecule has 2 unspecified atom stereocenters. The molecule has 15 nitrogen and oxygen atoms in total. The summed E-state index contributed by atoms with van der Waals surface area (Å²) in [4.78, 5) is 74.6. The number of hydrogen-bond donors (Lipinski definition) is 7. The van der Waals surface area contributed by atoms with Gasteiger partial charge in [0.25, 0.3) is 0 Å². The van der Waals surface area contributed by atoms with Crippen LogP contribution in [0.25, 0.3) is 0 Å². The smallest absolute Gasteiger partial charge is 0.326 e. The molecule has 0 bridgehead atoms. The lowest BCUT2D eigenvalue weighted by molar-refractivity contribution is -0.140. The van der Waals surface area contributed by atoms with Crippen LogP contribution in [-0.4, -0.2) is 97.8 Å². The SMILES string of the molecule is O=C(O)CCC(CC(=O)O)NC(=O)NC(CCCCNC(=O)CCCCN(CC(=O)O)Cc1ccccn1)C(=O)O. The number of aliphatic carboxylic acids is 4. The van der Waals surface area contributed by atoms with Crippen LogP contribution in [0.15, 0.2) is 24.4 Å². The number of carboxylic acids is 4. The molecule has 0 aliphatic rings. The van der Waals surface area contributed by atoms with Gasteiger partial charge in [-0.1, -0.05) is 6.07 Å². The lowest BCUT2D eigenvalue weighted by atomic mass is 10.1. The van der Waals surface area contributed by atoms with Crippen molar-refractivity contribution < 1.29 is 49.2 Å². The summed E-state index contributed by atoms with van der Waals surface area (Å²) in [5.41, 5.74) is 0.755. The van der Waals surface area contributed by atoms with E-state index in [2.05, 4.69) is 20.9 Å². The summed E-state index contributed by atoms with van der Waals surface area (Å²) >= 11 is 0. The highest BCUT2D eigenvalue weighted by Gasteiger charge is 2.22. The maximum atomic E-state index is 12.2. The van der Waals surface area contributed by atoms with Gasteiger partial charge in [0, 0.05) is 38.2 Å². The average Bonchev–Trinajstić information content (AvgIpc) is 2.88. The summed E-state index contributed by atoms with van der Waals surface area (Å²) in [5, 5.41) is 43.5. The molecule has 0 aromatic carbocycles. The lowest BCUT2D eigenvalue weighted by Crippen LogP contribution is -2.49. The van der Waals surface area contributed by atoms with E-state index in [1.807, 2.05) is 12.1 Å². The third-order valence-corrected chi connectivity index (χ3v) is 5.91. The maximum absolute atomic E-state index is 12.2. The monoisotopic (exact) mass is 581 g/mol. The van der Waals surface area contributed by atoms with Gasteiger partial charge in [-0.15, -0.1) is 0 Å². The summed E-state index contributed by atoms with van der Waals surface area (Å²) in [5.74, 6) is -4.81. The Balaban J connectivity index is 2.31. The standard InChI is InChI=1S/C26H39N5O10/c32-21(9-3-6-14-31(17-24(37)38)16-19-7-1-4-12-27-19)28-13-5-2-8-20(25(39)40)30-26(41)29-18(15-23(35)36)10-11-22(33)34/h1,4,7,12,18,20H,2-3,5-6,8-11,13-17H2,(H,28,32)(H,33,34)(H,35,36)(H,37,38)(H,39,40)(H2,29,30,41). The van der Waals surface area contributed by atoms with E-state index in [9.17, 15) is 33.9 Å². The van der Waals surface area contributed by atoms with Crippen molar-refractivity contribution in [2.24, 2.45) is 0 Å². The molecule has 0 spiro atoms. The number of rotatable bonds is 22. The predicted molar refractivity (Wildman–Crippen MR) is 144 cm³/mol. The first-order valence-electron chi connectivity index (χ1n) is 13.3. The number of carbonyl (C=O) groups excluding carboxylic acids is 2. The Hall–Kier alpha value is -4.27. The van der Waals surface area contributed by atoms with Crippen LogP contribution in [0.5, 0.6) is 0 Å². The quantitative estimate of drug-likeness (QED) is 0.0945. The highest BCUT2D eigenvalue weighted by Crippen LogP contribution is 2.07. The number of unbranched alkanes of at least 4 members (excludes halogenated alkanes) is 2. The minimum atomic E-state index is -1.29. The number of aromatic nitrogens is 1. The first-order valence-corrected chi connectivity index (χ1v) is 13.3. The zero-order valence-corrected chi connectivity index (χ0v) is 22.8. The number of hydrogen-bond acceptors (Lipinski definition) is 8. The van der Waals surface area contributed by atoms with Gasteiger partial charge in [0.15, 0.2) is 0 Å². The van der Waals surface area contributed by atoms with Gasteiger partial charge in [-0.25, -0.2) is 9.59 Å². The molecule has 15 heteroatoms. The minimum absolute atomic E-state index is 0.0625. The van der Waals surface area contributed by atoms with Crippen LogP contribution >= 0.6 is 0 Å². The Bertz CT molecular complexity index is 1010. The molecule has 0 saturated heterocycles. The second-order valence-corrected chi connectivity index (χ2v) is 9.46. The number of urea groups is 1.